The molecular formula is C30H33ClFN3O4S. The molecule has 4 rings (SSSR count). The maximum absolute atomic E-state index is 13.9. The van der Waals surface area contributed by atoms with Crippen LogP contribution in [0.4, 0.5) is 4.39 Å². The molecule has 0 saturated heterocycles. The van der Waals surface area contributed by atoms with Crippen molar-refractivity contribution in [3.05, 3.63) is 101 Å². The number of hydrogen-bond acceptors (Lipinski definition) is 4. The maximum atomic E-state index is 13.9. The van der Waals surface area contributed by atoms with E-state index in [1.807, 2.05) is 30.3 Å². The van der Waals surface area contributed by atoms with Crippen molar-refractivity contribution in [3.63, 3.8) is 0 Å². The Hall–Kier alpha value is -3.27. The Morgan fingerprint density at radius 1 is 0.950 bits per heavy atom. The van der Waals surface area contributed by atoms with E-state index in [4.69, 9.17) is 11.6 Å². The fourth-order valence-electron chi connectivity index (χ4n) is 4.86. The second kappa shape index (κ2) is 13.4. The zero-order valence-electron chi connectivity index (χ0n) is 22.3. The lowest BCUT2D eigenvalue weighted by Gasteiger charge is -2.33. The minimum absolute atomic E-state index is 0.00269. The summed E-state index contributed by atoms with van der Waals surface area (Å²) in [6.45, 7) is -0.488. The van der Waals surface area contributed by atoms with Crippen molar-refractivity contribution >= 4 is 33.4 Å². The summed E-state index contributed by atoms with van der Waals surface area (Å²) < 4.78 is 41.0. The van der Waals surface area contributed by atoms with Gasteiger partial charge in [-0.3, -0.25) is 9.59 Å². The molecule has 10 heteroatoms. The molecule has 0 aromatic heterocycles. The summed E-state index contributed by atoms with van der Waals surface area (Å²) in [6.07, 6.45) is 4.04. The summed E-state index contributed by atoms with van der Waals surface area (Å²) in [5.41, 5.74) is 1.47. The van der Waals surface area contributed by atoms with Crippen molar-refractivity contribution in [2.24, 2.45) is 0 Å². The van der Waals surface area contributed by atoms with Gasteiger partial charge in [-0.25, -0.2) is 12.8 Å². The Kier molecular flexibility index (Phi) is 9.95. The van der Waals surface area contributed by atoms with E-state index in [1.165, 1.54) is 48.3 Å². The van der Waals surface area contributed by atoms with E-state index in [9.17, 15) is 22.4 Å². The third-order valence-corrected chi connectivity index (χ3v) is 9.19. The molecule has 1 N–H and O–H groups in total. The summed E-state index contributed by atoms with van der Waals surface area (Å²) in [6, 6.07) is 19.9. The predicted octanol–water partition coefficient (Wildman–Crippen LogP) is 4.80. The lowest BCUT2D eigenvalue weighted by molar-refractivity contribution is -0.141. The Morgan fingerprint density at radius 3 is 2.20 bits per heavy atom. The Morgan fingerprint density at radius 2 is 1.57 bits per heavy atom. The molecule has 3 aromatic carbocycles. The molecule has 1 aliphatic rings. The standard InChI is InChI=1S/C30H33ClFN3O4S/c1-34(40(38,39)27-17-13-24(31)14-18-27)21-29(36)35(20-23-11-15-25(32)16-12-23)28(19-22-7-3-2-4-8-22)30(37)33-26-9-5-6-10-26/h2-4,7-8,11-18,26,28H,5-6,9-10,19-21H2,1H3,(H,33,37)/t28-/m0/s1. The molecule has 1 saturated carbocycles. The van der Waals surface area contributed by atoms with Crippen molar-refractivity contribution in [3.8, 4) is 0 Å². The normalized spacial score (nSPS) is 14.7. The smallest absolute Gasteiger partial charge is 0.243 e. The van der Waals surface area contributed by atoms with E-state index in [-0.39, 0.29) is 29.8 Å². The number of amides is 2. The average molecular weight is 586 g/mol. The molecule has 0 bridgehead atoms. The molecule has 1 fully saturated rings. The van der Waals surface area contributed by atoms with Crippen molar-refractivity contribution in [2.45, 2.75) is 55.6 Å². The molecule has 7 nitrogen and oxygen atoms in total. The van der Waals surface area contributed by atoms with Crippen molar-refractivity contribution in [1.29, 1.82) is 0 Å². The average Bonchev–Trinajstić information content (AvgIpc) is 3.45. The van der Waals surface area contributed by atoms with Crippen LogP contribution in [0, 0.1) is 5.82 Å². The number of rotatable bonds is 11. The second-order valence-electron chi connectivity index (χ2n) is 10.1. The molecule has 0 heterocycles. The van der Waals surface area contributed by atoms with Crippen molar-refractivity contribution in [2.75, 3.05) is 13.6 Å². The lowest BCUT2D eigenvalue weighted by atomic mass is 10.0. The van der Waals surface area contributed by atoms with Crippen LogP contribution in [0.3, 0.4) is 0 Å². The van der Waals surface area contributed by atoms with E-state index >= 15 is 0 Å². The second-order valence-corrected chi connectivity index (χ2v) is 12.5. The Balaban J connectivity index is 1.65. The molecule has 0 radical (unpaired) electrons. The highest BCUT2D eigenvalue weighted by Gasteiger charge is 2.34. The SMILES string of the molecule is CN(CC(=O)N(Cc1ccc(F)cc1)[C@@H](Cc1ccccc1)C(=O)NC1CCCC1)S(=O)(=O)c1ccc(Cl)cc1. The van der Waals surface area contributed by atoms with Gasteiger partial charge in [-0.2, -0.15) is 4.31 Å². The van der Waals surface area contributed by atoms with E-state index in [1.54, 1.807) is 12.1 Å². The third kappa shape index (κ3) is 7.68. The predicted molar refractivity (Wildman–Crippen MR) is 153 cm³/mol. The van der Waals surface area contributed by atoms with Crippen LogP contribution >= 0.6 is 11.6 Å². The first-order valence-electron chi connectivity index (χ1n) is 13.2. The minimum atomic E-state index is -4.01. The number of sulfonamides is 1. The van der Waals surface area contributed by atoms with Gasteiger partial charge in [0.1, 0.15) is 11.9 Å². The van der Waals surface area contributed by atoms with E-state index in [0.29, 0.717) is 10.6 Å². The van der Waals surface area contributed by atoms with Gasteiger partial charge in [0.15, 0.2) is 0 Å². The fourth-order valence-corrected chi connectivity index (χ4v) is 6.11. The molecular weight excluding hydrogens is 553 g/mol. The van der Waals surface area contributed by atoms with Gasteiger partial charge in [-0.1, -0.05) is 66.9 Å². The van der Waals surface area contributed by atoms with Crippen molar-refractivity contribution in [1.82, 2.24) is 14.5 Å². The number of hydrogen-bond donors (Lipinski definition) is 1. The van der Waals surface area contributed by atoms with Crippen LogP contribution in [0.5, 0.6) is 0 Å². The van der Waals surface area contributed by atoms with Crippen LogP contribution < -0.4 is 5.32 Å². The zero-order valence-corrected chi connectivity index (χ0v) is 23.9. The number of nitrogens with zero attached hydrogens (tertiary/aromatic N) is 2. The van der Waals surface area contributed by atoms with Gasteiger partial charge in [0.05, 0.1) is 11.4 Å². The fraction of sp³-hybridized carbons (Fsp3) is 0.333. The summed E-state index contributed by atoms with van der Waals surface area (Å²) in [7, 11) is -2.69. The van der Waals surface area contributed by atoms with Gasteiger partial charge in [-0.15, -0.1) is 0 Å². The zero-order chi connectivity index (χ0) is 28.7. The monoisotopic (exact) mass is 585 g/mol. The van der Waals surface area contributed by atoms with Gasteiger partial charge in [0, 0.05) is 31.1 Å². The molecule has 0 spiro atoms. The summed E-state index contributed by atoms with van der Waals surface area (Å²) in [5.74, 6) is -1.27. The van der Waals surface area contributed by atoms with E-state index in [0.717, 1.165) is 35.6 Å². The van der Waals surface area contributed by atoms with Crippen LogP contribution in [0.1, 0.15) is 36.8 Å². The van der Waals surface area contributed by atoms with Crippen LogP contribution in [0.25, 0.3) is 0 Å². The van der Waals surface area contributed by atoms with Gasteiger partial charge >= 0.3 is 0 Å². The van der Waals surface area contributed by atoms with Gasteiger partial charge in [-0.05, 0) is 60.4 Å². The number of likely N-dealkylation sites (N-methyl/N-ethyl adjacent to an activating group) is 1. The Bertz CT molecular complexity index is 1400. The van der Waals surface area contributed by atoms with Crippen LogP contribution in [-0.2, 0) is 32.6 Å². The molecule has 2 amide bonds. The van der Waals surface area contributed by atoms with Crippen LogP contribution in [-0.4, -0.2) is 55.1 Å². The first-order chi connectivity index (χ1) is 19.1. The molecule has 3 aromatic rings. The third-order valence-electron chi connectivity index (χ3n) is 7.12. The first-order valence-corrected chi connectivity index (χ1v) is 15.1. The molecule has 40 heavy (non-hydrogen) atoms. The van der Waals surface area contributed by atoms with Crippen LogP contribution in [0.15, 0.2) is 83.8 Å². The van der Waals surface area contributed by atoms with Crippen molar-refractivity contribution < 1.29 is 22.4 Å². The first kappa shape index (κ1) is 29.7. The highest BCUT2D eigenvalue weighted by molar-refractivity contribution is 7.89. The Labute approximate surface area is 240 Å². The van der Waals surface area contributed by atoms with Gasteiger partial charge < -0.3 is 10.2 Å². The highest BCUT2D eigenvalue weighted by atomic mass is 35.5. The molecule has 0 aliphatic heterocycles. The quantitative estimate of drug-likeness (QED) is 0.350. The summed E-state index contributed by atoms with van der Waals surface area (Å²) in [4.78, 5) is 29.0. The molecule has 212 valence electrons. The number of benzene rings is 3. The number of carbonyl (C=O) groups excluding carboxylic acids is 2. The van der Waals surface area contributed by atoms with E-state index in [2.05, 4.69) is 5.32 Å². The number of halogens is 2. The molecule has 1 atom stereocenters. The van der Waals surface area contributed by atoms with E-state index < -0.39 is 34.3 Å². The van der Waals surface area contributed by atoms with Gasteiger partial charge in [0.2, 0.25) is 21.8 Å². The topological polar surface area (TPSA) is 86.8 Å². The minimum Gasteiger partial charge on any atom is -0.352 e. The highest BCUT2D eigenvalue weighted by Crippen LogP contribution is 2.22. The van der Waals surface area contributed by atoms with Gasteiger partial charge in [0.25, 0.3) is 0 Å². The lowest BCUT2D eigenvalue weighted by Crippen LogP contribution is -2.54. The van der Waals surface area contributed by atoms with Crippen LogP contribution in [0.2, 0.25) is 5.02 Å². The summed E-state index contributed by atoms with van der Waals surface area (Å²) >= 11 is 5.92. The number of carbonyl (C=O) groups is 2. The summed E-state index contributed by atoms with van der Waals surface area (Å²) in [5, 5.41) is 3.50. The largest absolute Gasteiger partial charge is 0.352 e. The molecule has 1 aliphatic carbocycles. The molecule has 0 unspecified atom stereocenters. The number of nitrogens with one attached hydrogen (secondary N) is 1. The maximum Gasteiger partial charge on any atom is 0.243 e.